The number of rotatable bonds is 18. The zero-order chi connectivity index (χ0) is 87.9. The first kappa shape index (κ1) is 85.7. The topological polar surface area (TPSA) is 273 Å². The Morgan fingerprint density at radius 3 is 0.976 bits per heavy atom. The second-order valence-corrected chi connectivity index (χ2v) is 27.9. The van der Waals surface area contributed by atoms with E-state index in [0.29, 0.717) is 112 Å². The zero-order valence-electron chi connectivity index (χ0n) is 68.5. The zero-order valence-corrected chi connectivity index (χ0v) is 68.5. The summed E-state index contributed by atoms with van der Waals surface area (Å²) in [5, 5.41) is 32.8. The number of aromatic hydroxyl groups is 3. The molecule has 0 saturated carbocycles. The van der Waals surface area contributed by atoms with E-state index in [-0.39, 0.29) is 56.9 Å². The minimum Gasteiger partial charge on any atom is -0.507 e. The number of esters is 1. The highest BCUT2D eigenvalue weighted by atomic mass is 19.4. The van der Waals surface area contributed by atoms with E-state index >= 15 is 0 Å². The number of alkyl halides is 3. The van der Waals surface area contributed by atoms with Crippen LogP contribution in [0.15, 0.2) is 280 Å². The van der Waals surface area contributed by atoms with Gasteiger partial charge in [0.1, 0.15) is 46.2 Å². The van der Waals surface area contributed by atoms with Gasteiger partial charge in [0.15, 0.2) is 34.5 Å². The molecule has 0 aliphatic heterocycles. The van der Waals surface area contributed by atoms with Crippen molar-refractivity contribution in [2.45, 2.75) is 33.9 Å². The summed E-state index contributed by atoms with van der Waals surface area (Å²) >= 11 is 0. The number of benzene rings is 12. The summed E-state index contributed by atoms with van der Waals surface area (Å²) < 4.78 is 76.9. The molecule has 0 bridgehead atoms. The summed E-state index contributed by atoms with van der Waals surface area (Å²) in [6, 6.07) is 74.4. The van der Waals surface area contributed by atoms with Crippen LogP contribution in [0, 0.1) is 20.8 Å². The molecule has 0 spiro atoms. The Bertz CT molecular complexity index is 7060. The van der Waals surface area contributed by atoms with Crippen molar-refractivity contribution in [2.75, 3.05) is 35.5 Å². The molecule has 22 nitrogen and oxygen atoms in total. The first-order valence-corrected chi connectivity index (χ1v) is 38.6. The van der Waals surface area contributed by atoms with Crippen LogP contribution in [-0.2, 0) is 11.0 Å². The van der Waals surface area contributed by atoms with Crippen LogP contribution in [0.1, 0.15) is 74.7 Å². The molecule has 4 aromatic heterocycles. The van der Waals surface area contributed by atoms with Gasteiger partial charge >= 0.3 is 12.1 Å². The van der Waals surface area contributed by atoms with Crippen molar-refractivity contribution >= 4 is 98.2 Å². The van der Waals surface area contributed by atoms with Crippen LogP contribution in [0.4, 0.5) is 13.2 Å². The maximum atomic E-state index is 13.7. The quantitative estimate of drug-likeness (QED) is 0.0532. The van der Waals surface area contributed by atoms with Crippen LogP contribution in [-0.4, -0.2) is 95.0 Å². The van der Waals surface area contributed by atoms with Gasteiger partial charge in [-0.3, -0.25) is 42.2 Å². The standard InChI is InChI=1S/C27H24N2O6.C24H17F3N2O3.C24H20N2O3.C24H20N2O2/c1-17(30)35-26-18(9-7-14-23(26)34-4)15-16-24-28-20-11-6-5-10-19(20)27(31)29(24)25-21(32-2)12-8-13-22(25)33-3;1-32-20-8-4-5-15(22(20)30)9-14-21-28-19-7-3-2-6-18(19)23(31)29(21)17-12-10-16(11-13-17)24(25,26)27;1-16-10-13-18(14-11-16)26-22(25-20-8-4-3-7-19(20)24(26)28)15-12-17-6-5-9-21(29-2)23(17)27;1-16-10-13-19(14-11-16)26-22(15-12-18-7-5-6-17(2)23(18)27)25-21-9-4-3-8-20(21)24(26)28/h5-16H,1-4H3;2-14,30H,1H3;3-15,27H,1-2H3;3-15,27H,1-2H3/b16-15+;14-9+;2*15-12+. The molecule has 3 N–H and O–H groups in total. The normalized spacial score (nSPS) is 11.4. The SMILES string of the molecule is COc1cccc(/C=C/c2nc3ccccc3c(=O)n2-c2c(OC)cccc2OC)c1OC(C)=O.COc1cccc(/C=C/c2nc3ccccc3c(=O)n2-c2ccc(C(F)(F)F)cc2)c1O.COc1cccc(/C=C/c2nc3ccccc3c(=O)n2-c2ccc(C)cc2)c1O.Cc1ccc(-n2c(/C=C/c3cccc(C)c3O)nc3ccccc3c2=O)cc1. The van der Waals surface area contributed by atoms with Crippen LogP contribution in [0.5, 0.6) is 51.7 Å². The minimum atomic E-state index is -4.49. The molecule has 16 rings (SSSR count). The lowest BCUT2D eigenvalue weighted by molar-refractivity contribution is -0.137. The first-order chi connectivity index (χ1) is 59.9. The fourth-order valence-electron chi connectivity index (χ4n) is 13.5. The van der Waals surface area contributed by atoms with E-state index in [9.17, 15) is 52.5 Å². The van der Waals surface area contributed by atoms with E-state index in [1.54, 1.807) is 179 Å². The third-order valence-corrected chi connectivity index (χ3v) is 19.8. The van der Waals surface area contributed by atoms with Crippen molar-refractivity contribution in [2.24, 2.45) is 0 Å². The van der Waals surface area contributed by atoms with Gasteiger partial charge in [-0.15, -0.1) is 0 Å². The third-order valence-electron chi connectivity index (χ3n) is 19.8. The molecule has 0 fully saturated rings. The van der Waals surface area contributed by atoms with E-state index in [1.807, 2.05) is 130 Å². The number of methoxy groups -OCH3 is 5. The average Bonchev–Trinajstić information content (AvgIpc) is 0.775. The molecule has 0 atom stereocenters. The Morgan fingerprint density at radius 1 is 0.331 bits per heavy atom. The molecule has 4 heterocycles. The first-order valence-electron chi connectivity index (χ1n) is 38.6. The molecule has 25 heteroatoms. The van der Waals surface area contributed by atoms with Crippen molar-refractivity contribution in [3.63, 3.8) is 0 Å². The summed E-state index contributed by atoms with van der Waals surface area (Å²) in [7, 11) is 7.47. The highest BCUT2D eigenvalue weighted by Crippen LogP contribution is 2.38. The Morgan fingerprint density at radius 2 is 0.621 bits per heavy atom. The molecule has 0 radical (unpaired) electrons. The largest absolute Gasteiger partial charge is 0.507 e. The number of nitrogens with zero attached hydrogens (tertiary/aromatic N) is 8. The Hall–Kier alpha value is -16.2. The minimum absolute atomic E-state index is 0.0382. The summed E-state index contributed by atoms with van der Waals surface area (Å²) in [6.45, 7) is 7.17. The highest BCUT2D eigenvalue weighted by molar-refractivity contribution is 5.86. The van der Waals surface area contributed by atoms with Crippen LogP contribution in [0.2, 0.25) is 0 Å². The van der Waals surface area contributed by atoms with E-state index in [1.165, 1.54) is 69.8 Å². The number of phenolic OH excluding ortho intramolecular Hbond substituents is 3. The van der Waals surface area contributed by atoms with E-state index < -0.39 is 23.3 Å². The second kappa shape index (κ2) is 38.3. The van der Waals surface area contributed by atoms with Crippen LogP contribution in [0.3, 0.4) is 0 Å². The number of phenols is 3. The molecule has 124 heavy (non-hydrogen) atoms. The summed E-state index contributed by atoms with van der Waals surface area (Å²) in [5.41, 5.74) is 7.84. The van der Waals surface area contributed by atoms with Crippen molar-refractivity contribution in [3.8, 4) is 74.5 Å². The summed E-state index contributed by atoms with van der Waals surface area (Å²) in [4.78, 5) is 83.7. The van der Waals surface area contributed by atoms with Crippen molar-refractivity contribution in [1.29, 1.82) is 0 Å². The predicted octanol–water partition coefficient (Wildman–Crippen LogP) is 19.3. The average molecular weight is 1660 g/mol. The third kappa shape index (κ3) is 18.9. The monoisotopic (exact) mass is 1660 g/mol. The molecule has 12 aromatic carbocycles. The van der Waals surface area contributed by atoms with Gasteiger partial charge in [-0.25, -0.2) is 19.9 Å². The van der Waals surface area contributed by atoms with Gasteiger partial charge in [0.25, 0.3) is 22.2 Å². The van der Waals surface area contributed by atoms with E-state index in [2.05, 4.69) is 9.97 Å². The number of fused-ring (bicyclic) bond motifs is 4. The van der Waals surface area contributed by atoms with Crippen LogP contribution >= 0.6 is 0 Å². The molecule has 0 aliphatic carbocycles. The van der Waals surface area contributed by atoms with Gasteiger partial charge in [-0.1, -0.05) is 145 Å². The Balaban J connectivity index is 0.000000143. The molecule has 0 aliphatic rings. The smallest absolute Gasteiger partial charge is 0.416 e. The molecule has 0 saturated heterocycles. The molecule has 622 valence electrons. The maximum absolute atomic E-state index is 13.7. The van der Waals surface area contributed by atoms with Crippen molar-refractivity contribution < 1.29 is 61.7 Å². The van der Waals surface area contributed by atoms with Gasteiger partial charge in [0, 0.05) is 29.2 Å². The number of carbonyl (C=O) groups excluding carboxylic acids is 1. The molecule has 0 unspecified atom stereocenters. The fourth-order valence-corrected chi connectivity index (χ4v) is 13.5. The summed E-state index contributed by atoms with van der Waals surface area (Å²) in [6.07, 6.45) is 8.94. The van der Waals surface area contributed by atoms with Gasteiger partial charge in [0.2, 0.25) is 0 Å². The Kier molecular flexibility index (Phi) is 26.4. The predicted molar refractivity (Wildman–Crippen MR) is 479 cm³/mol. The van der Waals surface area contributed by atoms with Crippen LogP contribution < -0.4 is 50.7 Å². The lowest BCUT2D eigenvalue weighted by atomic mass is 10.1. The number of aryl methyl sites for hydroxylation is 3. The van der Waals surface area contributed by atoms with Gasteiger partial charge in [0.05, 0.1) is 102 Å². The molecular formula is C99H81F3N8O14. The molecule has 0 amide bonds. The maximum Gasteiger partial charge on any atom is 0.416 e. The van der Waals surface area contributed by atoms with Crippen molar-refractivity contribution in [3.05, 3.63) is 370 Å². The summed E-state index contributed by atoms with van der Waals surface area (Å²) in [5.74, 6) is 3.41. The number of hydrogen-bond acceptors (Lipinski definition) is 18. The fraction of sp³-hybridized carbons (Fsp3) is 0.101. The van der Waals surface area contributed by atoms with Crippen LogP contribution in [0.25, 0.3) is 115 Å². The van der Waals surface area contributed by atoms with E-state index in [0.717, 1.165) is 40.2 Å². The lowest BCUT2D eigenvalue weighted by Crippen LogP contribution is -2.23. The second-order valence-electron chi connectivity index (χ2n) is 27.9. The van der Waals surface area contributed by atoms with Crippen molar-refractivity contribution in [1.82, 2.24) is 38.2 Å². The van der Waals surface area contributed by atoms with E-state index in [4.69, 9.17) is 38.4 Å². The number of para-hydroxylation sites is 9. The van der Waals surface area contributed by atoms with Gasteiger partial charge in [-0.2, -0.15) is 13.2 Å². The van der Waals surface area contributed by atoms with Gasteiger partial charge < -0.3 is 43.7 Å². The molecule has 16 aromatic rings. The number of ether oxygens (including phenoxy) is 6. The number of hydrogen-bond donors (Lipinski definition) is 3. The lowest BCUT2D eigenvalue weighted by Gasteiger charge is -2.17. The molecular weight excluding hydrogens is 1580 g/mol. The number of aromatic nitrogens is 8. The highest BCUT2D eigenvalue weighted by Gasteiger charge is 2.30. The van der Waals surface area contributed by atoms with Gasteiger partial charge in [-0.05, 0) is 202 Å². The Labute approximate surface area is 708 Å². The number of carbonyl (C=O) groups is 1. The number of halogens is 3.